The summed E-state index contributed by atoms with van der Waals surface area (Å²) in [7, 11) is 0. The van der Waals surface area contributed by atoms with E-state index in [-0.39, 0.29) is 18.4 Å². The molecule has 0 bridgehead atoms. The summed E-state index contributed by atoms with van der Waals surface area (Å²) in [5.41, 5.74) is 0.0317. The molecule has 0 spiro atoms. The van der Waals surface area contributed by atoms with Crippen molar-refractivity contribution < 1.29 is 22.7 Å². The number of halogens is 4. The monoisotopic (exact) mass is 484 g/mol. The van der Waals surface area contributed by atoms with E-state index >= 15 is 0 Å². The first-order valence-corrected chi connectivity index (χ1v) is 10.6. The highest BCUT2D eigenvalue weighted by atomic mass is 79.9. The SMILES string of the molecule is O=C(CCOc1cccc(Br)c1)NC1CCN(Cc2cccc(C(F)(F)F)c2)CC1. The number of rotatable bonds is 7. The summed E-state index contributed by atoms with van der Waals surface area (Å²) in [6.45, 7) is 2.24. The van der Waals surface area contributed by atoms with Gasteiger partial charge in [0.2, 0.25) is 5.91 Å². The number of hydrogen-bond donors (Lipinski definition) is 1. The van der Waals surface area contributed by atoms with Crippen molar-refractivity contribution in [1.29, 1.82) is 0 Å². The number of carbonyl (C=O) groups excluding carboxylic acids is 1. The maximum absolute atomic E-state index is 12.9. The van der Waals surface area contributed by atoms with Gasteiger partial charge >= 0.3 is 6.18 Å². The summed E-state index contributed by atoms with van der Waals surface area (Å²) in [5.74, 6) is 0.654. The van der Waals surface area contributed by atoms with Crippen molar-refractivity contribution in [1.82, 2.24) is 10.2 Å². The second kappa shape index (κ2) is 10.3. The minimum absolute atomic E-state index is 0.0543. The molecule has 1 aliphatic rings. The number of hydrogen-bond acceptors (Lipinski definition) is 3. The average molecular weight is 485 g/mol. The number of benzene rings is 2. The van der Waals surface area contributed by atoms with Crippen LogP contribution in [-0.4, -0.2) is 36.5 Å². The van der Waals surface area contributed by atoms with Gasteiger partial charge in [0, 0.05) is 30.1 Å². The maximum atomic E-state index is 12.9. The highest BCUT2D eigenvalue weighted by molar-refractivity contribution is 9.10. The highest BCUT2D eigenvalue weighted by Gasteiger charge is 2.30. The van der Waals surface area contributed by atoms with Crippen LogP contribution < -0.4 is 10.1 Å². The van der Waals surface area contributed by atoms with Crippen LogP contribution in [-0.2, 0) is 17.5 Å². The summed E-state index contributed by atoms with van der Waals surface area (Å²) in [6.07, 6.45) is -2.50. The highest BCUT2D eigenvalue weighted by Crippen LogP contribution is 2.30. The zero-order valence-electron chi connectivity index (χ0n) is 16.4. The van der Waals surface area contributed by atoms with Crippen molar-refractivity contribution in [3.05, 3.63) is 64.1 Å². The smallest absolute Gasteiger partial charge is 0.416 e. The van der Waals surface area contributed by atoms with E-state index in [2.05, 4.69) is 26.1 Å². The molecule has 4 nitrogen and oxygen atoms in total. The van der Waals surface area contributed by atoms with E-state index < -0.39 is 11.7 Å². The van der Waals surface area contributed by atoms with Crippen molar-refractivity contribution >= 4 is 21.8 Å². The summed E-state index contributed by atoms with van der Waals surface area (Å²) in [5, 5.41) is 3.03. The second-order valence-electron chi connectivity index (χ2n) is 7.37. The van der Waals surface area contributed by atoms with Gasteiger partial charge in [0.15, 0.2) is 0 Å². The molecule has 162 valence electrons. The third kappa shape index (κ3) is 7.02. The molecule has 1 N–H and O–H groups in total. The van der Waals surface area contributed by atoms with Gasteiger partial charge in [0.25, 0.3) is 0 Å². The standard InChI is InChI=1S/C22H24BrF3N2O2/c23-18-5-2-6-20(14-18)30-12-9-21(29)27-19-7-10-28(11-8-19)15-16-3-1-4-17(13-16)22(24,25)26/h1-6,13-14,19H,7-12,15H2,(H,27,29). The first-order chi connectivity index (χ1) is 14.3. The van der Waals surface area contributed by atoms with Crippen molar-refractivity contribution in [3.8, 4) is 5.75 Å². The summed E-state index contributed by atoms with van der Waals surface area (Å²) >= 11 is 3.37. The molecule has 1 saturated heterocycles. The van der Waals surface area contributed by atoms with Crippen LogP contribution in [0, 0.1) is 0 Å². The van der Waals surface area contributed by atoms with E-state index in [9.17, 15) is 18.0 Å². The molecule has 2 aromatic rings. The number of ether oxygens (including phenoxy) is 1. The second-order valence-corrected chi connectivity index (χ2v) is 8.29. The lowest BCUT2D eigenvalue weighted by molar-refractivity contribution is -0.137. The van der Waals surface area contributed by atoms with Gasteiger partial charge in [-0.05, 0) is 42.7 Å². The Bertz CT molecular complexity index is 852. The molecule has 0 atom stereocenters. The molecule has 0 unspecified atom stereocenters. The maximum Gasteiger partial charge on any atom is 0.416 e. The third-order valence-electron chi connectivity index (χ3n) is 5.01. The number of nitrogens with one attached hydrogen (secondary N) is 1. The largest absolute Gasteiger partial charge is 0.493 e. The van der Waals surface area contributed by atoms with Gasteiger partial charge in [-0.2, -0.15) is 13.2 Å². The van der Waals surface area contributed by atoms with E-state index in [1.807, 2.05) is 24.3 Å². The molecule has 30 heavy (non-hydrogen) atoms. The molecule has 0 saturated carbocycles. The van der Waals surface area contributed by atoms with Gasteiger partial charge in [-0.3, -0.25) is 9.69 Å². The Hall–Kier alpha value is -2.06. The van der Waals surface area contributed by atoms with Gasteiger partial charge in [0.05, 0.1) is 18.6 Å². The lowest BCUT2D eigenvalue weighted by atomic mass is 10.0. The van der Waals surface area contributed by atoms with Crippen molar-refractivity contribution in [2.24, 2.45) is 0 Å². The Morgan fingerprint density at radius 1 is 1.13 bits per heavy atom. The number of nitrogens with zero attached hydrogens (tertiary/aromatic N) is 1. The fraction of sp³-hybridized carbons (Fsp3) is 0.409. The van der Waals surface area contributed by atoms with Crippen molar-refractivity contribution in [3.63, 3.8) is 0 Å². The molecule has 8 heteroatoms. The van der Waals surface area contributed by atoms with E-state index in [0.29, 0.717) is 24.5 Å². The number of amides is 1. The van der Waals surface area contributed by atoms with Gasteiger partial charge in [0.1, 0.15) is 5.75 Å². The molecule has 1 fully saturated rings. The zero-order valence-corrected chi connectivity index (χ0v) is 18.0. The molecule has 0 radical (unpaired) electrons. The van der Waals surface area contributed by atoms with E-state index in [0.717, 1.165) is 36.5 Å². The lowest BCUT2D eigenvalue weighted by Gasteiger charge is -2.32. The van der Waals surface area contributed by atoms with Gasteiger partial charge < -0.3 is 10.1 Å². The fourth-order valence-corrected chi connectivity index (χ4v) is 3.84. The summed E-state index contributed by atoms with van der Waals surface area (Å²) in [4.78, 5) is 14.3. The molecule has 1 amide bonds. The third-order valence-corrected chi connectivity index (χ3v) is 5.50. The Labute approximate surface area is 182 Å². The Morgan fingerprint density at radius 3 is 2.57 bits per heavy atom. The minimum Gasteiger partial charge on any atom is -0.493 e. The molecule has 3 rings (SSSR count). The quantitative estimate of drug-likeness (QED) is 0.599. The van der Waals surface area contributed by atoms with Crippen LogP contribution in [0.15, 0.2) is 53.0 Å². The van der Waals surface area contributed by atoms with Crippen LogP contribution >= 0.6 is 15.9 Å². The number of piperidine rings is 1. The van der Waals surface area contributed by atoms with Crippen LogP contribution in [0.3, 0.4) is 0 Å². The first-order valence-electron chi connectivity index (χ1n) is 9.86. The average Bonchev–Trinajstić information content (AvgIpc) is 2.69. The minimum atomic E-state index is -4.33. The molecular weight excluding hydrogens is 461 g/mol. The summed E-state index contributed by atoms with van der Waals surface area (Å²) < 4.78 is 45.1. The molecule has 2 aromatic carbocycles. The molecule has 0 aliphatic carbocycles. The topological polar surface area (TPSA) is 41.6 Å². The number of alkyl halides is 3. The number of likely N-dealkylation sites (tertiary alicyclic amines) is 1. The Balaban J connectivity index is 1.37. The van der Waals surface area contributed by atoms with Gasteiger partial charge in [-0.1, -0.05) is 40.2 Å². The molecule has 0 aromatic heterocycles. The first kappa shape index (κ1) is 22.6. The van der Waals surface area contributed by atoms with Crippen LogP contribution in [0.4, 0.5) is 13.2 Å². The van der Waals surface area contributed by atoms with Crippen molar-refractivity contribution in [2.45, 2.75) is 38.0 Å². The Morgan fingerprint density at radius 2 is 1.87 bits per heavy atom. The van der Waals surface area contributed by atoms with E-state index in [1.165, 1.54) is 12.1 Å². The molecule has 1 aliphatic heterocycles. The van der Waals surface area contributed by atoms with E-state index in [1.54, 1.807) is 6.07 Å². The lowest BCUT2D eigenvalue weighted by Crippen LogP contribution is -2.44. The normalized spacial score (nSPS) is 15.7. The van der Waals surface area contributed by atoms with Crippen LogP contribution in [0.25, 0.3) is 0 Å². The van der Waals surface area contributed by atoms with Gasteiger partial charge in [-0.15, -0.1) is 0 Å². The predicted molar refractivity (Wildman–Crippen MR) is 112 cm³/mol. The van der Waals surface area contributed by atoms with Crippen LogP contribution in [0.1, 0.15) is 30.4 Å². The predicted octanol–water partition coefficient (Wildman–Crippen LogP) is 5.02. The molecule has 1 heterocycles. The fourth-order valence-electron chi connectivity index (χ4n) is 3.46. The van der Waals surface area contributed by atoms with Crippen LogP contribution in [0.2, 0.25) is 0 Å². The molecular formula is C22H24BrF3N2O2. The van der Waals surface area contributed by atoms with E-state index in [4.69, 9.17) is 4.74 Å². The Kier molecular flexibility index (Phi) is 7.77. The van der Waals surface area contributed by atoms with Gasteiger partial charge in [-0.25, -0.2) is 0 Å². The zero-order chi connectivity index (χ0) is 21.6. The van der Waals surface area contributed by atoms with Crippen molar-refractivity contribution in [2.75, 3.05) is 19.7 Å². The number of carbonyl (C=O) groups is 1. The van der Waals surface area contributed by atoms with Crippen LogP contribution in [0.5, 0.6) is 5.75 Å². The summed E-state index contributed by atoms with van der Waals surface area (Å²) in [6, 6.07) is 13.0.